The lowest BCUT2D eigenvalue weighted by atomic mass is 10.1. The zero-order valence-corrected chi connectivity index (χ0v) is 12.6. The van der Waals surface area contributed by atoms with E-state index in [1.807, 2.05) is 13.0 Å². The van der Waals surface area contributed by atoms with E-state index in [-0.39, 0.29) is 5.69 Å². The van der Waals surface area contributed by atoms with Crippen LogP contribution in [0.2, 0.25) is 0 Å². The lowest BCUT2D eigenvalue weighted by molar-refractivity contribution is -0.384. The van der Waals surface area contributed by atoms with Crippen molar-refractivity contribution in [3.63, 3.8) is 0 Å². The molecule has 20 heavy (non-hydrogen) atoms. The van der Waals surface area contributed by atoms with Crippen LogP contribution in [-0.4, -0.2) is 16.5 Å². The molecule has 1 aromatic heterocycles. The summed E-state index contributed by atoms with van der Waals surface area (Å²) in [4.78, 5) is 14.5. The predicted molar refractivity (Wildman–Crippen MR) is 82.0 cm³/mol. The molecule has 0 radical (unpaired) electrons. The van der Waals surface area contributed by atoms with E-state index >= 15 is 0 Å². The molecule has 104 valence electrons. The maximum atomic E-state index is 10.6. The normalized spacial score (nSPS) is 10.3. The van der Waals surface area contributed by atoms with E-state index in [1.54, 1.807) is 18.3 Å². The largest absolute Gasteiger partial charge is 0.370 e. The highest BCUT2D eigenvalue weighted by Crippen LogP contribution is 2.17. The molecule has 6 heteroatoms. The minimum atomic E-state index is -0.392. The van der Waals surface area contributed by atoms with Gasteiger partial charge in [-0.25, -0.2) is 4.98 Å². The Labute approximate surface area is 125 Å². The fourth-order valence-electron chi connectivity index (χ4n) is 1.84. The third kappa shape index (κ3) is 3.77. The smallest absolute Gasteiger partial charge is 0.269 e. The van der Waals surface area contributed by atoms with Crippen LogP contribution in [0, 0.1) is 17.0 Å². The van der Waals surface area contributed by atoms with Crippen LogP contribution in [0.3, 0.4) is 0 Å². The average Bonchev–Trinajstić information content (AvgIpc) is 2.42. The van der Waals surface area contributed by atoms with Crippen molar-refractivity contribution < 1.29 is 4.92 Å². The van der Waals surface area contributed by atoms with Crippen molar-refractivity contribution in [2.75, 3.05) is 11.9 Å². The first-order chi connectivity index (χ1) is 9.56. The van der Waals surface area contributed by atoms with Gasteiger partial charge in [-0.15, -0.1) is 0 Å². The second-order valence-electron chi connectivity index (χ2n) is 4.42. The Kier molecular flexibility index (Phi) is 4.68. The minimum absolute atomic E-state index is 0.118. The number of hydrogen-bond donors (Lipinski definition) is 1. The number of nitrogens with zero attached hydrogens (tertiary/aromatic N) is 2. The van der Waals surface area contributed by atoms with Crippen molar-refractivity contribution in [1.82, 2.24) is 4.98 Å². The molecule has 5 nitrogen and oxygen atoms in total. The number of non-ortho nitro benzene ring substituents is 1. The molecule has 0 unspecified atom stereocenters. The van der Waals surface area contributed by atoms with E-state index in [0.717, 1.165) is 34.4 Å². The first-order valence-electron chi connectivity index (χ1n) is 6.15. The van der Waals surface area contributed by atoms with Crippen molar-refractivity contribution in [1.29, 1.82) is 0 Å². The molecule has 0 saturated heterocycles. The number of anilines is 1. The molecule has 1 aromatic carbocycles. The van der Waals surface area contributed by atoms with Gasteiger partial charge in [0.15, 0.2) is 0 Å². The summed E-state index contributed by atoms with van der Waals surface area (Å²) in [5.74, 6) is 0.857. The average molecular weight is 336 g/mol. The Balaban J connectivity index is 1.91. The third-order valence-electron chi connectivity index (χ3n) is 2.90. The van der Waals surface area contributed by atoms with E-state index in [2.05, 4.69) is 26.2 Å². The van der Waals surface area contributed by atoms with Crippen molar-refractivity contribution in [2.45, 2.75) is 13.3 Å². The Morgan fingerprint density at radius 3 is 2.65 bits per heavy atom. The van der Waals surface area contributed by atoms with Gasteiger partial charge in [-0.05, 0) is 46.5 Å². The number of hydrogen-bond acceptors (Lipinski definition) is 4. The second-order valence-corrected chi connectivity index (χ2v) is 5.34. The number of nitrogens with one attached hydrogen (secondary N) is 1. The molecule has 0 aliphatic rings. The van der Waals surface area contributed by atoms with Gasteiger partial charge in [-0.2, -0.15) is 0 Å². The molecule has 0 atom stereocenters. The summed E-state index contributed by atoms with van der Waals surface area (Å²) in [6.45, 7) is 2.72. The van der Waals surface area contributed by atoms with Gasteiger partial charge in [0.2, 0.25) is 0 Å². The molecule has 0 amide bonds. The van der Waals surface area contributed by atoms with Crippen LogP contribution in [0.1, 0.15) is 11.1 Å². The molecular weight excluding hydrogens is 322 g/mol. The summed E-state index contributed by atoms with van der Waals surface area (Å²) in [7, 11) is 0. The van der Waals surface area contributed by atoms with Crippen LogP contribution in [0.15, 0.2) is 41.0 Å². The molecule has 0 saturated carbocycles. The van der Waals surface area contributed by atoms with Crippen LogP contribution in [0.25, 0.3) is 0 Å². The van der Waals surface area contributed by atoms with Crippen molar-refractivity contribution in [3.8, 4) is 0 Å². The monoisotopic (exact) mass is 335 g/mol. The molecule has 0 aliphatic heterocycles. The number of rotatable bonds is 5. The van der Waals surface area contributed by atoms with E-state index < -0.39 is 4.92 Å². The highest BCUT2D eigenvalue weighted by molar-refractivity contribution is 9.10. The summed E-state index contributed by atoms with van der Waals surface area (Å²) in [6.07, 6.45) is 2.54. The maximum absolute atomic E-state index is 10.6. The van der Waals surface area contributed by atoms with Gasteiger partial charge >= 0.3 is 0 Å². The molecule has 0 bridgehead atoms. The lowest BCUT2D eigenvalue weighted by Gasteiger charge is -2.08. The topological polar surface area (TPSA) is 68.1 Å². The molecule has 1 N–H and O–H groups in total. The zero-order valence-electron chi connectivity index (χ0n) is 11.0. The van der Waals surface area contributed by atoms with E-state index in [9.17, 15) is 10.1 Å². The lowest BCUT2D eigenvalue weighted by Crippen LogP contribution is -2.07. The second kappa shape index (κ2) is 6.47. The minimum Gasteiger partial charge on any atom is -0.370 e. The fraction of sp³-hybridized carbons (Fsp3) is 0.214. The van der Waals surface area contributed by atoms with Gasteiger partial charge in [0.25, 0.3) is 5.69 Å². The number of aromatic nitrogens is 1. The molecular formula is C14H14BrN3O2. The molecule has 0 fully saturated rings. The summed E-state index contributed by atoms with van der Waals surface area (Å²) >= 11 is 3.37. The van der Waals surface area contributed by atoms with Gasteiger partial charge in [-0.1, -0.05) is 12.1 Å². The molecule has 0 spiro atoms. The Hall–Kier alpha value is -1.95. The van der Waals surface area contributed by atoms with Crippen LogP contribution >= 0.6 is 15.9 Å². The molecule has 0 aliphatic carbocycles. The van der Waals surface area contributed by atoms with Crippen LogP contribution in [-0.2, 0) is 6.42 Å². The van der Waals surface area contributed by atoms with Gasteiger partial charge in [0.05, 0.1) is 4.92 Å². The van der Waals surface area contributed by atoms with Crippen LogP contribution in [0.4, 0.5) is 11.5 Å². The predicted octanol–water partition coefficient (Wildman–Crippen LogP) is 3.72. The van der Waals surface area contributed by atoms with E-state index in [1.165, 1.54) is 12.1 Å². The standard InChI is InChI=1S/C14H14BrN3O2/c1-10-8-12(15)9-17-14(10)16-7-6-11-2-4-13(5-3-11)18(19)20/h2-5,8-9H,6-7H2,1H3,(H,16,17). The first-order valence-corrected chi connectivity index (χ1v) is 6.95. The van der Waals surface area contributed by atoms with E-state index in [4.69, 9.17) is 0 Å². The van der Waals surface area contributed by atoms with Gasteiger partial charge < -0.3 is 5.32 Å². The maximum Gasteiger partial charge on any atom is 0.269 e. The number of benzene rings is 1. The first kappa shape index (κ1) is 14.5. The van der Waals surface area contributed by atoms with Crippen molar-refractivity contribution in [2.24, 2.45) is 0 Å². The Morgan fingerprint density at radius 1 is 1.35 bits per heavy atom. The summed E-state index contributed by atoms with van der Waals surface area (Å²) < 4.78 is 0.955. The summed E-state index contributed by atoms with van der Waals surface area (Å²) in [5.41, 5.74) is 2.24. The highest BCUT2D eigenvalue weighted by Gasteiger charge is 2.04. The summed E-state index contributed by atoms with van der Waals surface area (Å²) in [5, 5.41) is 13.8. The quantitative estimate of drug-likeness (QED) is 0.667. The van der Waals surface area contributed by atoms with Crippen LogP contribution in [0.5, 0.6) is 0 Å². The number of nitro groups is 1. The molecule has 2 rings (SSSR count). The van der Waals surface area contributed by atoms with Gasteiger partial charge in [-0.3, -0.25) is 10.1 Å². The van der Waals surface area contributed by atoms with Gasteiger partial charge in [0.1, 0.15) is 5.82 Å². The van der Waals surface area contributed by atoms with Crippen LogP contribution < -0.4 is 5.32 Å². The van der Waals surface area contributed by atoms with Crippen molar-refractivity contribution in [3.05, 3.63) is 62.2 Å². The Bertz CT molecular complexity index is 614. The zero-order chi connectivity index (χ0) is 14.5. The highest BCUT2D eigenvalue weighted by atomic mass is 79.9. The SMILES string of the molecule is Cc1cc(Br)cnc1NCCc1ccc([N+](=O)[O-])cc1. The number of halogens is 1. The number of pyridine rings is 1. The molecule has 2 aromatic rings. The van der Waals surface area contributed by atoms with Crippen molar-refractivity contribution >= 4 is 27.4 Å². The van der Waals surface area contributed by atoms with Gasteiger partial charge in [0, 0.05) is 29.3 Å². The third-order valence-corrected chi connectivity index (χ3v) is 3.33. The summed E-state index contributed by atoms with van der Waals surface area (Å²) in [6, 6.07) is 8.61. The molecule has 1 heterocycles. The van der Waals surface area contributed by atoms with E-state index in [0.29, 0.717) is 0 Å². The Morgan fingerprint density at radius 2 is 2.05 bits per heavy atom. The fourth-order valence-corrected chi connectivity index (χ4v) is 2.28. The number of aryl methyl sites for hydroxylation is 1. The number of nitro benzene ring substituents is 1.